The Hall–Kier alpha value is -2.95. The average Bonchev–Trinajstić information content (AvgIpc) is 3.28. The molecular weight excluding hydrogens is 518 g/mol. The van der Waals surface area contributed by atoms with Crippen molar-refractivity contribution in [2.75, 3.05) is 13.4 Å². The molecule has 3 rings (SSSR count). The molecule has 0 radical (unpaired) electrons. The molecule has 34 heavy (non-hydrogen) atoms. The Bertz CT molecular complexity index is 1390. The molecule has 1 aromatic carbocycles. The molecule has 2 aromatic heterocycles. The van der Waals surface area contributed by atoms with E-state index < -0.39 is 47.0 Å². The second-order valence-corrected chi connectivity index (χ2v) is 11.4. The number of hydrogen-bond donors (Lipinski definition) is 2. The number of hydrogen-bond acceptors (Lipinski definition) is 8. The summed E-state index contributed by atoms with van der Waals surface area (Å²) < 4.78 is 88.0. The van der Waals surface area contributed by atoms with Crippen LogP contribution in [-0.2, 0) is 20.8 Å². The van der Waals surface area contributed by atoms with Crippen molar-refractivity contribution in [1.82, 2.24) is 9.71 Å². The summed E-state index contributed by atoms with van der Waals surface area (Å²) in [6.45, 7) is 0. The highest BCUT2D eigenvalue weighted by Gasteiger charge is 2.35. The third kappa shape index (κ3) is 6.13. The largest absolute Gasteiger partial charge is 0.481 e. The molecule has 0 saturated carbocycles. The third-order valence-corrected chi connectivity index (χ3v) is 8.49. The Balaban J connectivity index is 1.72. The first-order valence-electron chi connectivity index (χ1n) is 9.07. The summed E-state index contributed by atoms with van der Waals surface area (Å²) in [6, 6.07) is 9.51. The van der Waals surface area contributed by atoms with Gasteiger partial charge in [-0.1, -0.05) is 0 Å². The van der Waals surface area contributed by atoms with Crippen LogP contribution in [0.3, 0.4) is 0 Å². The standard InChI is InChI=1S/C19H15F3N3O6PS2/c1-30-17-6-3-13(10-24-17)16-5-7-18(33-16)34(28,29)25-11-32(26,27)31-14-4-2-12(9-23)15(8-14)19(20,21)22/h2-8,10,25H,11H2,1H3,(H,26,27). The van der Waals surface area contributed by atoms with Crippen LogP contribution in [0.5, 0.6) is 11.6 Å². The van der Waals surface area contributed by atoms with E-state index in [1.165, 1.54) is 31.5 Å². The Morgan fingerprint density at radius 3 is 2.56 bits per heavy atom. The van der Waals surface area contributed by atoms with Gasteiger partial charge in [0, 0.05) is 22.7 Å². The number of ether oxygens (including phenoxy) is 1. The molecule has 180 valence electrons. The van der Waals surface area contributed by atoms with Crippen LogP contribution in [0.4, 0.5) is 13.2 Å². The zero-order valence-electron chi connectivity index (χ0n) is 17.1. The molecule has 0 saturated heterocycles. The van der Waals surface area contributed by atoms with Crippen LogP contribution < -0.4 is 14.0 Å². The molecule has 0 aliphatic carbocycles. The number of alkyl halides is 3. The highest BCUT2D eigenvalue weighted by atomic mass is 32.2. The number of rotatable bonds is 8. The van der Waals surface area contributed by atoms with Crippen molar-refractivity contribution in [1.29, 1.82) is 5.26 Å². The molecule has 1 unspecified atom stereocenters. The van der Waals surface area contributed by atoms with E-state index in [0.29, 0.717) is 22.4 Å². The number of methoxy groups -OCH3 is 1. The van der Waals surface area contributed by atoms with Crippen LogP contribution in [0, 0.1) is 11.3 Å². The van der Waals surface area contributed by atoms with Gasteiger partial charge in [0.2, 0.25) is 5.88 Å². The van der Waals surface area contributed by atoms with Crippen molar-refractivity contribution >= 4 is 29.0 Å². The van der Waals surface area contributed by atoms with Gasteiger partial charge in [-0.2, -0.15) is 23.2 Å². The number of nitrogens with zero attached hydrogens (tertiary/aromatic N) is 2. The predicted octanol–water partition coefficient (Wildman–Crippen LogP) is 4.21. The fourth-order valence-corrected chi connectivity index (χ4v) is 6.46. The van der Waals surface area contributed by atoms with Crippen LogP contribution >= 0.6 is 18.9 Å². The minimum atomic E-state index is -4.90. The smallest absolute Gasteiger partial charge is 0.417 e. The predicted molar refractivity (Wildman–Crippen MR) is 116 cm³/mol. The molecule has 0 aliphatic rings. The van der Waals surface area contributed by atoms with Gasteiger partial charge in [0.1, 0.15) is 16.2 Å². The van der Waals surface area contributed by atoms with Crippen molar-refractivity contribution in [3.8, 4) is 28.1 Å². The van der Waals surface area contributed by atoms with Crippen molar-refractivity contribution in [2.45, 2.75) is 10.4 Å². The van der Waals surface area contributed by atoms with E-state index in [1.54, 1.807) is 12.1 Å². The normalized spacial score (nSPS) is 13.6. The summed E-state index contributed by atoms with van der Waals surface area (Å²) in [5.74, 6) is -0.278. The number of pyridine rings is 1. The van der Waals surface area contributed by atoms with Crippen molar-refractivity contribution in [3.63, 3.8) is 0 Å². The zero-order valence-corrected chi connectivity index (χ0v) is 19.6. The number of benzene rings is 1. The Labute approximate surface area is 196 Å². The maximum Gasteiger partial charge on any atom is 0.417 e. The van der Waals surface area contributed by atoms with Gasteiger partial charge in [-0.25, -0.2) is 18.0 Å². The lowest BCUT2D eigenvalue weighted by Crippen LogP contribution is -2.25. The number of thiophene rings is 1. The lowest BCUT2D eigenvalue weighted by atomic mass is 10.1. The fourth-order valence-electron chi connectivity index (χ4n) is 2.61. The molecule has 3 aromatic rings. The topological polar surface area (TPSA) is 139 Å². The van der Waals surface area contributed by atoms with Gasteiger partial charge < -0.3 is 14.2 Å². The Kier molecular flexibility index (Phi) is 7.35. The van der Waals surface area contributed by atoms with E-state index >= 15 is 0 Å². The zero-order chi connectivity index (χ0) is 25.1. The molecule has 9 nitrogen and oxygen atoms in total. The van der Waals surface area contributed by atoms with Gasteiger partial charge >= 0.3 is 13.8 Å². The molecule has 0 bridgehead atoms. The molecule has 0 aliphatic heterocycles. The van der Waals surface area contributed by atoms with Gasteiger partial charge in [0.15, 0.2) is 0 Å². The van der Waals surface area contributed by atoms with Crippen LogP contribution in [0.1, 0.15) is 11.1 Å². The molecule has 1 atom stereocenters. The Morgan fingerprint density at radius 2 is 1.97 bits per heavy atom. The van der Waals surface area contributed by atoms with Crippen LogP contribution in [0.2, 0.25) is 0 Å². The number of nitrogens with one attached hydrogen (secondary N) is 1. The van der Waals surface area contributed by atoms with E-state index in [9.17, 15) is 31.0 Å². The van der Waals surface area contributed by atoms with Gasteiger partial charge in [0.25, 0.3) is 10.0 Å². The highest BCUT2D eigenvalue weighted by molar-refractivity contribution is 7.92. The second-order valence-electron chi connectivity index (χ2n) is 6.56. The SMILES string of the molecule is COc1ccc(-c2ccc(S(=O)(=O)NCP(=O)(O)Oc3ccc(C#N)c(C(F)(F)F)c3)s2)cn1. The van der Waals surface area contributed by atoms with Crippen LogP contribution in [0.15, 0.2) is 52.9 Å². The summed E-state index contributed by atoms with van der Waals surface area (Å²) >= 11 is 0.871. The lowest BCUT2D eigenvalue weighted by molar-refractivity contribution is -0.137. The molecule has 0 amide bonds. The number of aromatic nitrogens is 1. The number of halogens is 3. The summed E-state index contributed by atoms with van der Waals surface area (Å²) in [4.78, 5) is 14.6. The lowest BCUT2D eigenvalue weighted by Gasteiger charge is -2.16. The summed E-state index contributed by atoms with van der Waals surface area (Å²) in [6.07, 6.45) is -4.52. The third-order valence-electron chi connectivity index (χ3n) is 4.20. The summed E-state index contributed by atoms with van der Waals surface area (Å²) in [5, 5.41) is 8.81. The van der Waals surface area contributed by atoms with Gasteiger partial charge in [-0.3, -0.25) is 0 Å². The molecule has 0 spiro atoms. The Morgan fingerprint density at radius 1 is 1.24 bits per heavy atom. The molecule has 2 heterocycles. The van der Waals surface area contributed by atoms with E-state index in [4.69, 9.17) is 14.5 Å². The minimum absolute atomic E-state index is 0.170. The van der Waals surface area contributed by atoms with E-state index in [1.807, 2.05) is 4.72 Å². The maximum absolute atomic E-state index is 13.1. The van der Waals surface area contributed by atoms with Crippen LogP contribution in [-0.4, -0.2) is 31.7 Å². The van der Waals surface area contributed by atoms with Crippen LogP contribution in [0.25, 0.3) is 10.4 Å². The first-order chi connectivity index (χ1) is 15.8. The maximum atomic E-state index is 13.1. The second kappa shape index (κ2) is 9.73. The van der Waals surface area contributed by atoms with E-state index in [-0.39, 0.29) is 4.21 Å². The van der Waals surface area contributed by atoms with Gasteiger partial charge in [-0.15, -0.1) is 11.3 Å². The number of nitriles is 1. The van der Waals surface area contributed by atoms with E-state index in [0.717, 1.165) is 23.5 Å². The van der Waals surface area contributed by atoms with E-state index in [2.05, 4.69) is 4.98 Å². The molecule has 15 heteroatoms. The van der Waals surface area contributed by atoms with Gasteiger partial charge in [-0.05, 0) is 36.4 Å². The highest BCUT2D eigenvalue weighted by Crippen LogP contribution is 2.44. The first-order valence-corrected chi connectivity index (χ1v) is 13.1. The summed E-state index contributed by atoms with van der Waals surface area (Å²) in [5.41, 5.74) is -1.44. The molecular formula is C19H15F3N3O6PS2. The van der Waals surface area contributed by atoms with Crippen molar-refractivity contribution in [2.24, 2.45) is 0 Å². The quantitative estimate of drug-likeness (QED) is 0.411. The van der Waals surface area contributed by atoms with Crippen molar-refractivity contribution in [3.05, 3.63) is 59.8 Å². The first kappa shape index (κ1) is 25.7. The summed E-state index contributed by atoms with van der Waals surface area (Å²) in [7, 11) is -7.54. The monoisotopic (exact) mass is 533 g/mol. The van der Waals surface area contributed by atoms with Crippen molar-refractivity contribution < 1.29 is 40.3 Å². The number of sulfonamides is 1. The average molecular weight is 533 g/mol. The molecule has 0 fully saturated rings. The van der Waals surface area contributed by atoms with Gasteiger partial charge in [0.05, 0.1) is 24.3 Å². The fraction of sp³-hybridized carbons (Fsp3) is 0.158. The molecule has 2 N–H and O–H groups in total. The minimum Gasteiger partial charge on any atom is -0.481 e.